The lowest BCUT2D eigenvalue weighted by molar-refractivity contribution is 0.301. The second-order valence-electron chi connectivity index (χ2n) is 4.79. The van der Waals surface area contributed by atoms with E-state index in [9.17, 15) is 4.79 Å². The summed E-state index contributed by atoms with van der Waals surface area (Å²) in [5.74, 6) is 0. The first-order chi connectivity index (χ1) is 8.27. The quantitative estimate of drug-likeness (QED) is 0.784. The zero-order valence-corrected chi connectivity index (χ0v) is 9.94. The standard InChI is InChI=1S/C13H17N3O/c1-9-11(3-2-6-14-9)16-8-5-10-4-7-15-13(17)12(10)16/h4-5,7-9,11,14H,2-3,6H2,1H3,(H,15,17). The number of rotatable bonds is 1. The van der Waals surface area contributed by atoms with Gasteiger partial charge < -0.3 is 14.9 Å². The van der Waals surface area contributed by atoms with Gasteiger partial charge in [-0.1, -0.05) is 0 Å². The molecule has 0 bridgehead atoms. The molecule has 2 N–H and O–H groups in total. The highest BCUT2D eigenvalue weighted by Crippen LogP contribution is 2.25. The molecule has 1 aliphatic rings. The molecule has 0 saturated carbocycles. The minimum absolute atomic E-state index is 0.00488. The molecule has 3 heterocycles. The molecule has 0 spiro atoms. The molecular formula is C13H17N3O. The van der Waals surface area contributed by atoms with Gasteiger partial charge in [-0.25, -0.2) is 0 Å². The number of fused-ring (bicyclic) bond motifs is 1. The van der Waals surface area contributed by atoms with Crippen molar-refractivity contribution in [3.8, 4) is 0 Å². The number of aromatic nitrogens is 2. The van der Waals surface area contributed by atoms with Crippen molar-refractivity contribution in [2.75, 3.05) is 6.54 Å². The fourth-order valence-corrected chi connectivity index (χ4v) is 2.80. The van der Waals surface area contributed by atoms with Crippen molar-refractivity contribution in [3.05, 3.63) is 34.9 Å². The van der Waals surface area contributed by atoms with E-state index in [4.69, 9.17) is 0 Å². The van der Waals surface area contributed by atoms with E-state index in [1.54, 1.807) is 6.20 Å². The fraction of sp³-hybridized carbons (Fsp3) is 0.462. The molecule has 4 heteroatoms. The Morgan fingerprint density at radius 3 is 3.12 bits per heavy atom. The molecule has 3 rings (SSSR count). The molecular weight excluding hydrogens is 214 g/mol. The van der Waals surface area contributed by atoms with Crippen LogP contribution in [0.4, 0.5) is 0 Å². The van der Waals surface area contributed by atoms with Gasteiger partial charge in [0.05, 0.1) is 0 Å². The smallest absolute Gasteiger partial charge is 0.272 e. The number of pyridine rings is 1. The number of piperidine rings is 1. The van der Waals surface area contributed by atoms with Crippen LogP contribution >= 0.6 is 0 Å². The summed E-state index contributed by atoms with van der Waals surface area (Å²) in [6.07, 6.45) is 6.04. The molecule has 90 valence electrons. The minimum atomic E-state index is 0.00488. The third kappa shape index (κ3) is 1.69. The van der Waals surface area contributed by atoms with Crippen LogP contribution in [0.25, 0.3) is 10.9 Å². The van der Waals surface area contributed by atoms with Gasteiger partial charge in [-0.2, -0.15) is 0 Å². The topological polar surface area (TPSA) is 49.8 Å². The van der Waals surface area contributed by atoms with Crippen LogP contribution in [-0.4, -0.2) is 22.1 Å². The third-order valence-electron chi connectivity index (χ3n) is 3.72. The lowest BCUT2D eigenvalue weighted by atomic mass is 9.99. The first-order valence-corrected chi connectivity index (χ1v) is 6.19. The van der Waals surface area contributed by atoms with E-state index in [-0.39, 0.29) is 5.56 Å². The Labute approximate surface area is 99.6 Å². The maximum Gasteiger partial charge on any atom is 0.272 e. The van der Waals surface area contributed by atoms with E-state index in [0.717, 1.165) is 23.9 Å². The van der Waals surface area contributed by atoms with Crippen molar-refractivity contribution >= 4 is 10.9 Å². The van der Waals surface area contributed by atoms with Crippen molar-refractivity contribution in [2.45, 2.75) is 31.8 Å². The fourth-order valence-electron chi connectivity index (χ4n) is 2.80. The highest BCUT2D eigenvalue weighted by atomic mass is 16.1. The van der Waals surface area contributed by atoms with Gasteiger partial charge in [0.2, 0.25) is 0 Å². The molecule has 2 unspecified atom stereocenters. The van der Waals surface area contributed by atoms with Crippen molar-refractivity contribution in [3.63, 3.8) is 0 Å². The average Bonchev–Trinajstić information content (AvgIpc) is 2.75. The van der Waals surface area contributed by atoms with Gasteiger partial charge in [-0.15, -0.1) is 0 Å². The second kappa shape index (κ2) is 4.04. The van der Waals surface area contributed by atoms with Crippen LogP contribution in [0.5, 0.6) is 0 Å². The highest BCUT2D eigenvalue weighted by molar-refractivity contribution is 5.78. The Morgan fingerprint density at radius 1 is 1.41 bits per heavy atom. The molecule has 0 radical (unpaired) electrons. The summed E-state index contributed by atoms with van der Waals surface area (Å²) in [6.45, 7) is 3.26. The zero-order chi connectivity index (χ0) is 11.8. The van der Waals surface area contributed by atoms with Gasteiger partial charge in [-0.05, 0) is 38.4 Å². The summed E-state index contributed by atoms with van der Waals surface area (Å²) in [6, 6.07) is 4.77. The van der Waals surface area contributed by atoms with Crippen LogP contribution in [0.2, 0.25) is 0 Å². The molecule has 1 aliphatic heterocycles. The van der Waals surface area contributed by atoms with Crippen LogP contribution in [0.1, 0.15) is 25.8 Å². The zero-order valence-electron chi connectivity index (χ0n) is 9.94. The number of nitrogens with zero attached hydrogens (tertiary/aromatic N) is 1. The maximum atomic E-state index is 11.9. The van der Waals surface area contributed by atoms with Gasteiger partial charge in [0, 0.05) is 29.9 Å². The largest absolute Gasteiger partial charge is 0.338 e. The summed E-state index contributed by atoms with van der Waals surface area (Å²) >= 11 is 0. The SMILES string of the molecule is CC1NCCCC1n1ccc2cc[nH]c(=O)c21. The van der Waals surface area contributed by atoms with E-state index in [1.807, 2.05) is 18.3 Å². The lowest BCUT2D eigenvalue weighted by Gasteiger charge is -2.31. The molecule has 2 aromatic rings. The van der Waals surface area contributed by atoms with Crippen molar-refractivity contribution < 1.29 is 0 Å². The molecule has 0 aromatic carbocycles. The van der Waals surface area contributed by atoms with Gasteiger partial charge >= 0.3 is 0 Å². The summed E-state index contributed by atoms with van der Waals surface area (Å²) < 4.78 is 2.13. The van der Waals surface area contributed by atoms with Crippen molar-refractivity contribution in [1.29, 1.82) is 0 Å². The second-order valence-corrected chi connectivity index (χ2v) is 4.79. The van der Waals surface area contributed by atoms with Crippen LogP contribution in [0.15, 0.2) is 29.3 Å². The Balaban J connectivity index is 2.14. The number of hydrogen-bond acceptors (Lipinski definition) is 2. The number of nitrogens with one attached hydrogen (secondary N) is 2. The van der Waals surface area contributed by atoms with Gasteiger partial charge in [0.25, 0.3) is 5.56 Å². The molecule has 17 heavy (non-hydrogen) atoms. The number of aromatic amines is 1. The number of hydrogen-bond donors (Lipinski definition) is 2. The summed E-state index contributed by atoms with van der Waals surface area (Å²) in [5.41, 5.74) is 0.804. The summed E-state index contributed by atoms with van der Waals surface area (Å²) in [4.78, 5) is 14.7. The van der Waals surface area contributed by atoms with Gasteiger partial charge in [0.15, 0.2) is 0 Å². The Hall–Kier alpha value is -1.55. The van der Waals surface area contributed by atoms with E-state index in [1.165, 1.54) is 6.42 Å². The third-order valence-corrected chi connectivity index (χ3v) is 3.72. The van der Waals surface area contributed by atoms with Crippen LogP contribution in [0, 0.1) is 0 Å². The predicted octanol–water partition coefficient (Wildman–Crippen LogP) is 1.64. The Morgan fingerprint density at radius 2 is 2.29 bits per heavy atom. The van der Waals surface area contributed by atoms with Gasteiger partial charge in [0.1, 0.15) is 5.52 Å². The Bertz CT molecular complexity index is 584. The van der Waals surface area contributed by atoms with Gasteiger partial charge in [-0.3, -0.25) is 4.79 Å². The summed E-state index contributed by atoms with van der Waals surface area (Å²) in [7, 11) is 0. The summed E-state index contributed by atoms with van der Waals surface area (Å²) in [5, 5.41) is 4.49. The Kier molecular flexibility index (Phi) is 2.52. The molecule has 4 nitrogen and oxygen atoms in total. The first-order valence-electron chi connectivity index (χ1n) is 6.19. The van der Waals surface area contributed by atoms with E-state index < -0.39 is 0 Å². The highest BCUT2D eigenvalue weighted by Gasteiger charge is 2.23. The molecule has 1 saturated heterocycles. The maximum absolute atomic E-state index is 11.9. The van der Waals surface area contributed by atoms with Crippen molar-refractivity contribution in [1.82, 2.24) is 14.9 Å². The first kappa shape index (κ1) is 10.6. The lowest BCUT2D eigenvalue weighted by Crippen LogP contribution is -2.40. The van der Waals surface area contributed by atoms with Crippen molar-refractivity contribution in [2.24, 2.45) is 0 Å². The van der Waals surface area contributed by atoms with E-state index in [2.05, 4.69) is 21.8 Å². The van der Waals surface area contributed by atoms with E-state index in [0.29, 0.717) is 12.1 Å². The minimum Gasteiger partial charge on any atom is -0.338 e. The monoisotopic (exact) mass is 231 g/mol. The van der Waals surface area contributed by atoms with Crippen LogP contribution in [-0.2, 0) is 0 Å². The molecule has 0 amide bonds. The molecule has 0 aliphatic carbocycles. The predicted molar refractivity (Wildman–Crippen MR) is 68.3 cm³/mol. The van der Waals surface area contributed by atoms with Crippen LogP contribution < -0.4 is 10.9 Å². The molecule has 2 aromatic heterocycles. The molecule has 1 fully saturated rings. The van der Waals surface area contributed by atoms with Crippen LogP contribution in [0.3, 0.4) is 0 Å². The number of H-pyrrole nitrogens is 1. The average molecular weight is 231 g/mol. The normalized spacial score (nSPS) is 25.2. The molecule has 2 atom stereocenters. The van der Waals surface area contributed by atoms with E-state index >= 15 is 0 Å².